The number of aryl methyl sites for hydroxylation is 1. The molecule has 0 fully saturated rings. The number of amides is 1. The van der Waals surface area contributed by atoms with E-state index in [1.54, 1.807) is 22.4 Å². The second kappa shape index (κ2) is 7.26. The second-order valence-electron chi connectivity index (χ2n) is 6.11. The van der Waals surface area contributed by atoms with E-state index in [-0.39, 0.29) is 11.5 Å². The van der Waals surface area contributed by atoms with E-state index in [0.717, 1.165) is 18.7 Å². The van der Waals surface area contributed by atoms with Gasteiger partial charge in [0.15, 0.2) is 0 Å². The molecule has 0 unspecified atom stereocenters. The molecule has 0 bridgehead atoms. The van der Waals surface area contributed by atoms with Crippen molar-refractivity contribution in [2.45, 2.75) is 37.8 Å². The average molecular weight is 342 g/mol. The smallest absolute Gasteiger partial charge is 0.250 e. The van der Waals surface area contributed by atoms with Gasteiger partial charge in [-0.05, 0) is 48.9 Å². The van der Waals surface area contributed by atoms with E-state index in [2.05, 4.69) is 24.5 Å². The van der Waals surface area contributed by atoms with Crippen molar-refractivity contribution in [1.82, 2.24) is 9.47 Å². The van der Waals surface area contributed by atoms with Crippen molar-refractivity contribution < 1.29 is 4.79 Å². The zero-order valence-electron chi connectivity index (χ0n) is 14.1. The summed E-state index contributed by atoms with van der Waals surface area (Å²) < 4.78 is 1.67. The molecule has 0 saturated heterocycles. The van der Waals surface area contributed by atoms with Crippen molar-refractivity contribution in [3.63, 3.8) is 0 Å². The lowest BCUT2D eigenvalue weighted by Crippen LogP contribution is -2.37. The molecule has 1 aromatic heterocycles. The Morgan fingerprint density at radius 3 is 2.79 bits per heavy atom. The van der Waals surface area contributed by atoms with Crippen LogP contribution >= 0.6 is 11.8 Å². The molecule has 0 spiro atoms. The Morgan fingerprint density at radius 1 is 1.21 bits per heavy atom. The highest BCUT2D eigenvalue weighted by atomic mass is 32.2. The van der Waals surface area contributed by atoms with Gasteiger partial charge in [0.25, 0.3) is 5.56 Å². The van der Waals surface area contributed by atoms with Crippen molar-refractivity contribution >= 4 is 17.7 Å². The van der Waals surface area contributed by atoms with Crippen LogP contribution in [0.15, 0.2) is 46.1 Å². The molecule has 2 heterocycles. The van der Waals surface area contributed by atoms with Crippen molar-refractivity contribution in [2.24, 2.45) is 0 Å². The minimum atomic E-state index is -0.0450. The third kappa shape index (κ3) is 3.56. The molecule has 0 aliphatic carbocycles. The van der Waals surface area contributed by atoms with E-state index in [0.29, 0.717) is 19.5 Å². The van der Waals surface area contributed by atoms with Gasteiger partial charge in [-0.15, -0.1) is 11.8 Å². The van der Waals surface area contributed by atoms with Crippen LogP contribution in [-0.2, 0) is 24.3 Å². The maximum absolute atomic E-state index is 12.5. The number of pyridine rings is 1. The quantitative estimate of drug-likeness (QED) is 0.803. The third-order valence-electron chi connectivity index (χ3n) is 4.60. The van der Waals surface area contributed by atoms with Gasteiger partial charge in [-0.1, -0.05) is 12.1 Å². The molecule has 2 aromatic rings. The van der Waals surface area contributed by atoms with E-state index in [1.165, 1.54) is 22.1 Å². The molecule has 4 nitrogen and oxygen atoms in total. The van der Waals surface area contributed by atoms with Crippen LogP contribution in [0.3, 0.4) is 0 Å². The lowest BCUT2D eigenvalue weighted by atomic mass is 9.99. The molecule has 0 saturated carbocycles. The van der Waals surface area contributed by atoms with Crippen LogP contribution in [-0.4, -0.2) is 28.2 Å². The summed E-state index contributed by atoms with van der Waals surface area (Å²) in [5.74, 6) is 0.116. The summed E-state index contributed by atoms with van der Waals surface area (Å²) in [6, 6.07) is 11.7. The Bertz CT molecular complexity index is 813. The number of rotatable bonds is 4. The van der Waals surface area contributed by atoms with Crippen LogP contribution < -0.4 is 5.56 Å². The highest BCUT2D eigenvalue weighted by Gasteiger charge is 2.20. The third-order valence-corrected chi connectivity index (χ3v) is 5.32. The minimum Gasteiger partial charge on any atom is -0.338 e. The Labute approximate surface area is 146 Å². The number of thioether (sulfide) groups is 1. The number of hydrogen-bond acceptors (Lipinski definition) is 3. The first-order chi connectivity index (χ1) is 11.6. The van der Waals surface area contributed by atoms with Gasteiger partial charge in [-0.25, -0.2) is 0 Å². The predicted molar refractivity (Wildman–Crippen MR) is 97.4 cm³/mol. The minimum absolute atomic E-state index is 0.0450. The summed E-state index contributed by atoms with van der Waals surface area (Å²) in [6.07, 6.45) is 3.34. The molecular weight excluding hydrogens is 320 g/mol. The molecule has 1 aliphatic heterocycles. The molecule has 0 N–H and O–H groups in total. The van der Waals surface area contributed by atoms with Gasteiger partial charge in [0.1, 0.15) is 0 Å². The largest absolute Gasteiger partial charge is 0.338 e. The van der Waals surface area contributed by atoms with Gasteiger partial charge in [-0.2, -0.15) is 0 Å². The fourth-order valence-electron chi connectivity index (χ4n) is 3.14. The molecule has 0 atom stereocenters. The molecule has 1 aliphatic rings. The normalized spacial score (nSPS) is 13.7. The maximum Gasteiger partial charge on any atom is 0.250 e. The van der Waals surface area contributed by atoms with Gasteiger partial charge in [0, 0.05) is 42.7 Å². The summed E-state index contributed by atoms with van der Waals surface area (Å²) >= 11 is 1.74. The summed E-state index contributed by atoms with van der Waals surface area (Å²) in [7, 11) is 0. The Balaban J connectivity index is 1.65. The molecule has 126 valence electrons. The van der Waals surface area contributed by atoms with Crippen molar-refractivity contribution in [2.75, 3.05) is 12.8 Å². The zero-order valence-corrected chi connectivity index (χ0v) is 14.9. The molecule has 1 aromatic carbocycles. The van der Waals surface area contributed by atoms with Crippen LogP contribution in [0.2, 0.25) is 0 Å². The van der Waals surface area contributed by atoms with Gasteiger partial charge in [-0.3, -0.25) is 9.59 Å². The lowest BCUT2D eigenvalue weighted by molar-refractivity contribution is -0.132. The number of carbonyl (C=O) groups excluding carboxylic acids is 1. The van der Waals surface area contributed by atoms with Crippen LogP contribution in [0.5, 0.6) is 0 Å². The molecule has 3 rings (SSSR count). The highest BCUT2D eigenvalue weighted by Crippen LogP contribution is 2.24. The predicted octanol–water partition coefficient (Wildman–Crippen LogP) is 2.85. The van der Waals surface area contributed by atoms with Crippen molar-refractivity contribution in [3.05, 3.63) is 63.6 Å². The van der Waals surface area contributed by atoms with Gasteiger partial charge < -0.3 is 9.47 Å². The lowest BCUT2D eigenvalue weighted by Gasteiger charge is -2.29. The number of fused-ring (bicyclic) bond motifs is 1. The molecule has 5 heteroatoms. The topological polar surface area (TPSA) is 42.3 Å². The SMILES string of the molecule is CSc1ccc2c(c1)CCN(C(=O)CCn1c(C)cccc1=O)C2. The van der Waals surface area contributed by atoms with Gasteiger partial charge in [0.05, 0.1) is 0 Å². The zero-order chi connectivity index (χ0) is 17.1. The fourth-order valence-corrected chi connectivity index (χ4v) is 3.61. The summed E-state index contributed by atoms with van der Waals surface area (Å²) in [5.41, 5.74) is 3.43. The van der Waals surface area contributed by atoms with E-state index < -0.39 is 0 Å². The first-order valence-corrected chi connectivity index (χ1v) is 9.41. The van der Waals surface area contributed by atoms with Crippen molar-refractivity contribution in [1.29, 1.82) is 0 Å². The maximum atomic E-state index is 12.5. The van der Waals surface area contributed by atoms with Gasteiger partial charge in [0.2, 0.25) is 5.91 Å². The van der Waals surface area contributed by atoms with Gasteiger partial charge >= 0.3 is 0 Å². The first kappa shape index (κ1) is 16.8. The highest BCUT2D eigenvalue weighted by molar-refractivity contribution is 7.98. The summed E-state index contributed by atoms with van der Waals surface area (Å²) in [6.45, 7) is 3.77. The van der Waals surface area contributed by atoms with E-state index >= 15 is 0 Å². The van der Waals surface area contributed by atoms with Crippen LogP contribution in [0.25, 0.3) is 0 Å². The first-order valence-electron chi connectivity index (χ1n) is 8.18. The molecule has 1 amide bonds. The Morgan fingerprint density at radius 2 is 2.04 bits per heavy atom. The van der Waals surface area contributed by atoms with E-state index in [4.69, 9.17) is 0 Å². The Kier molecular flexibility index (Phi) is 5.09. The van der Waals surface area contributed by atoms with Crippen LogP contribution in [0.1, 0.15) is 23.2 Å². The summed E-state index contributed by atoms with van der Waals surface area (Å²) in [4.78, 5) is 27.6. The fraction of sp³-hybridized carbons (Fsp3) is 0.368. The van der Waals surface area contributed by atoms with Crippen molar-refractivity contribution in [3.8, 4) is 0 Å². The monoisotopic (exact) mass is 342 g/mol. The number of nitrogens with zero attached hydrogens (tertiary/aromatic N) is 2. The number of carbonyl (C=O) groups is 1. The number of hydrogen-bond donors (Lipinski definition) is 0. The van der Waals surface area contributed by atoms with Crippen LogP contribution in [0, 0.1) is 6.92 Å². The molecule has 0 radical (unpaired) electrons. The Hall–Kier alpha value is -2.01. The second-order valence-corrected chi connectivity index (χ2v) is 6.99. The number of benzene rings is 1. The molecular formula is C19H22N2O2S. The van der Waals surface area contributed by atoms with Crippen LogP contribution in [0.4, 0.5) is 0 Å². The number of aromatic nitrogens is 1. The standard InChI is InChI=1S/C19H22N2O2S/c1-14-4-3-5-19(23)21(14)11-9-18(22)20-10-8-15-12-17(24-2)7-6-16(15)13-20/h3-7,12H,8-11,13H2,1-2H3. The molecule has 24 heavy (non-hydrogen) atoms. The van der Waals surface area contributed by atoms with E-state index in [1.807, 2.05) is 17.9 Å². The van der Waals surface area contributed by atoms with E-state index in [9.17, 15) is 9.59 Å². The summed E-state index contributed by atoms with van der Waals surface area (Å²) in [5, 5.41) is 0. The average Bonchev–Trinajstić information content (AvgIpc) is 2.60.